The van der Waals surface area contributed by atoms with E-state index in [9.17, 15) is 10.1 Å². The number of furan rings is 1. The van der Waals surface area contributed by atoms with E-state index in [1.165, 1.54) is 17.8 Å². The van der Waals surface area contributed by atoms with E-state index < -0.39 is 4.92 Å². The normalized spacial score (nSPS) is 13.3. The van der Waals surface area contributed by atoms with Crippen molar-refractivity contribution in [2.75, 3.05) is 6.79 Å². The van der Waals surface area contributed by atoms with Gasteiger partial charge in [0.15, 0.2) is 23.5 Å². The number of nitrogens with zero attached hydrogens (tertiary/aromatic N) is 4. The van der Waals surface area contributed by atoms with E-state index in [4.69, 9.17) is 13.9 Å². The van der Waals surface area contributed by atoms with Crippen molar-refractivity contribution in [3.63, 3.8) is 0 Å². The fraction of sp³-hybridized carbons (Fsp3) is 0.368. The van der Waals surface area contributed by atoms with Crippen molar-refractivity contribution in [3.05, 3.63) is 51.8 Å². The molecular weight excluding hydrogens is 396 g/mol. The molecule has 4 rings (SSSR count). The molecule has 0 amide bonds. The zero-order valence-electron chi connectivity index (χ0n) is 16.0. The standard InChI is InChI=1S/C19H20N4O5S/c1-12(2)8-22-18(16-4-3-5-27-16)20-21-19(22)29-10-14-7-15(23(24)25)6-13-9-26-11-28-17(13)14/h3-7,12H,8-11H2,1-2H3. The smallest absolute Gasteiger partial charge is 0.270 e. The maximum Gasteiger partial charge on any atom is 0.270 e. The molecule has 0 radical (unpaired) electrons. The first-order valence-electron chi connectivity index (χ1n) is 9.13. The number of hydrogen-bond donors (Lipinski definition) is 0. The number of ether oxygens (including phenoxy) is 2. The Hall–Kier alpha value is -2.85. The molecule has 0 bridgehead atoms. The van der Waals surface area contributed by atoms with Crippen LogP contribution in [0, 0.1) is 16.0 Å². The quantitative estimate of drug-likeness (QED) is 0.319. The molecule has 1 aliphatic rings. The number of aromatic nitrogens is 3. The van der Waals surface area contributed by atoms with Crippen LogP contribution < -0.4 is 4.74 Å². The Kier molecular flexibility index (Phi) is 5.54. The van der Waals surface area contributed by atoms with Crippen molar-refractivity contribution >= 4 is 17.4 Å². The topological polar surface area (TPSA) is 105 Å². The summed E-state index contributed by atoms with van der Waals surface area (Å²) in [6, 6.07) is 6.71. The summed E-state index contributed by atoms with van der Waals surface area (Å²) in [7, 11) is 0. The number of non-ortho nitro benzene ring substituents is 1. The molecule has 0 unspecified atom stereocenters. The molecule has 152 valence electrons. The van der Waals surface area contributed by atoms with Crippen LogP contribution in [-0.4, -0.2) is 26.5 Å². The van der Waals surface area contributed by atoms with Crippen LogP contribution in [0.4, 0.5) is 5.69 Å². The third-order valence-corrected chi connectivity index (χ3v) is 5.36. The van der Waals surface area contributed by atoms with Gasteiger partial charge in [0, 0.05) is 35.6 Å². The minimum atomic E-state index is -0.403. The Labute approximate surface area is 171 Å². The van der Waals surface area contributed by atoms with Gasteiger partial charge in [0.2, 0.25) is 0 Å². The minimum absolute atomic E-state index is 0.0216. The summed E-state index contributed by atoms with van der Waals surface area (Å²) in [5.74, 6) is 2.80. The zero-order valence-corrected chi connectivity index (χ0v) is 16.8. The number of hydrogen-bond acceptors (Lipinski definition) is 8. The molecule has 0 spiro atoms. The van der Waals surface area contributed by atoms with Crippen LogP contribution in [0.25, 0.3) is 11.6 Å². The number of rotatable bonds is 7. The second kappa shape index (κ2) is 8.26. The van der Waals surface area contributed by atoms with Gasteiger partial charge in [-0.15, -0.1) is 10.2 Å². The summed E-state index contributed by atoms with van der Waals surface area (Å²) in [5.41, 5.74) is 1.44. The summed E-state index contributed by atoms with van der Waals surface area (Å²) >= 11 is 1.46. The van der Waals surface area contributed by atoms with E-state index in [-0.39, 0.29) is 12.5 Å². The van der Waals surface area contributed by atoms with E-state index in [1.54, 1.807) is 12.3 Å². The van der Waals surface area contributed by atoms with Gasteiger partial charge in [-0.05, 0) is 18.1 Å². The minimum Gasteiger partial charge on any atom is -0.467 e. The zero-order chi connectivity index (χ0) is 20.4. The molecule has 3 heterocycles. The number of fused-ring (bicyclic) bond motifs is 1. The van der Waals surface area contributed by atoms with Crippen LogP contribution in [0.5, 0.6) is 5.75 Å². The van der Waals surface area contributed by atoms with Crippen molar-refractivity contribution in [3.8, 4) is 17.3 Å². The Balaban J connectivity index is 1.64. The lowest BCUT2D eigenvalue weighted by atomic mass is 10.1. The van der Waals surface area contributed by atoms with Crippen molar-refractivity contribution in [1.29, 1.82) is 0 Å². The Bertz CT molecular complexity index is 1020. The molecule has 0 saturated carbocycles. The lowest BCUT2D eigenvalue weighted by Crippen LogP contribution is -2.13. The van der Waals surface area contributed by atoms with Crippen LogP contribution in [0.3, 0.4) is 0 Å². The van der Waals surface area contributed by atoms with Crippen molar-refractivity contribution < 1.29 is 18.8 Å². The molecule has 1 aromatic carbocycles. The first-order valence-corrected chi connectivity index (χ1v) is 10.1. The predicted octanol–water partition coefficient (Wildman–Crippen LogP) is 4.26. The lowest BCUT2D eigenvalue weighted by Gasteiger charge is -2.20. The maximum absolute atomic E-state index is 11.3. The summed E-state index contributed by atoms with van der Waals surface area (Å²) in [6.45, 7) is 5.38. The van der Waals surface area contributed by atoms with E-state index in [0.717, 1.165) is 17.3 Å². The summed E-state index contributed by atoms with van der Waals surface area (Å²) in [5, 5.41) is 20.6. The molecule has 29 heavy (non-hydrogen) atoms. The van der Waals surface area contributed by atoms with Gasteiger partial charge in [-0.1, -0.05) is 25.6 Å². The van der Waals surface area contributed by atoms with Crippen LogP contribution in [-0.2, 0) is 23.6 Å². The second-order valence-corrected chi connectivity index (χ2v) is 7.98. The van der Waals surface area contributed by atoms with Gasteiger partial charge < -0.3 is 13.9 Å². The molecule has 9 nitrogen and oxygen atoms in total. The predicted molar refractivity (Wildman–Crippen MR) is 106 cm³/mol. The summed E-state index contributed by atoms with van der Waals surface area (Å²) in [4.78, 5) is 10.9. The van der Waals surface area contributed by atoms with Crippen molar-refractivity contribution in [1.82, 2.24) is 14.8 Å². The lowest BCUT2D eigenvalue weighted by molar-refractivity contribution is -0.385. The Morgan fingerprint density at radius 1 is 1.34 bits per heavy atom. The van der Waals surface area contributed by atoms with Gasteiger partial charge in [-0.2, -0.15) is 0 Å². The number of nitro benzene ring substituents is 1. The van der Waals surface area contributed by atoms with E-state index in [0.29, 0.717) is 41.2 Å². The van der Waals surface area contributed by atoms with Gasteiger partial charge in [-0.3, -0.25) is 14.7 Å². The van der Waals surface area contributed by atoms with Gasteiger partial charge >= 0.3 is 0 Å². The molecule has 0 N–H and O–H groups in total. The van der Waals surface area contributed by atoms with Gasteiger partial charge in [0.25, 0.3) is 5.69 Å². The highest BCUT2D eigenvalue weighted by Crippen LogP contribution is 2.36. The third kappa shape index (κ3) is 4.13. The Morgan fingerprint density at radius 3 is 2.93 bits per heavy atom. The van der Waals surface area contributed by atoms with Gasteiger partial charge in [0.1, 0.15) is 5.75 Å². The fourth-order valence-corrected chi connectivity index (χ4v) is 4.06. The van der Waals surface area contributed by atoms with E-state index in [1.807, 2.05) is 16.7 Å². The molecular formula is C19H20N4O5S. The Morgan fingerprint density at radius 2 is 2.21 bits per heavy atom. The fourth-order valence-electron chi connectivity index (χ4n) is 3.15. The SMILES string of the molecule is CC(C)Cn1c(SCc2cc([N+](=O)[O-])cc3c2OCOC3)nnc1-c1ccco1. The van der Waals surface area contributed by atoms with E-state index >= 15 is 0 Å². The highest BCUT2D eigenvalue weighted by atomic mass is 32.2. The summed E-state index contributed by atoms with van der Waals surface area (Å²) in [6.07, 6.45) is 1.60. The van der Waals surface area contributed by atoms with Crippen LogP contribution >= 0.6 is 11.8 Å². The van der Waals surface area contributed by atoms with Crippen molar-refractivity contribution in [2.24, 2.45) is 5.92 Å². The molecule has 0 atom stereocenters. The first-order chi connectivity index (χ1) is 14.0. The highest BCUT2D eigenvalue weighted by molar-refractivity contribution is 7.98. The second-order valence-electron chi connectivity index (χ2n) is 7.04. The number of nitro groups is 1. The van der Waals surface area contributed by atoms with Gasteiger partial charge in [-0.25, -0.2) is 0 Å². The molecule has 0 aliphatic carbocycles. The van der Waals surface area contributed by atoms with Crippen molar-refractivity contribution in [2.45, 2.75) is 37.9 Å². The molecule has 0 fully saturated rings. The first kappa shape index (κ1) is 19.5. The molecule has 10 heteroatoms. The largest absolute Gasteiger partial charge is 0.467 e. The molecule has 3 aromatic rings. The average molecular weight is 416 g/mol. The summed E-state index contributed by atoms with van der Waals surface area (Å²) < 4.78 is 18.4. The van der Waals surface area contributed by atoms with Crippen LogP contribution in [0.1, 0.15) is 25.0 Å². The van der Waals surface area contributed by atoms with Gasteiger partial charge in [0.05, 0.1) is 17.8 Å². The number of benzene rings is 1. The molecule has 2 aromatic heterocycles. The van der Waals surface area contributed by atoms with E-state index in [2.05, 4.69) is 24.0 Å². The third-order valence-electron chi connectivity index (χ3n) is 4.35. The molecule has 1 aliphatic heterocycles. The van der Waals surface area contributed by atoms with Crippen LogP contribution in [0.2, 0.25) is 0 Å². The monoisotopic (exact) mass is 416 g/mol. The highest BCUT2D eigenvalue weighted by Gasteiger charge is 2.23. The maximum atomic E-state index is 11.3. The number of thioether (sulfide) groups is 1. The average Bonchev–Trinajstić information content (AvgIpc) is 3.35. The van der Waals surface area contributed by atoms with Crippen LogP contribution in [0.15, 0.2) is 40.1 Å². The molecule has 0 saturated heterocycles.